The summed E-state index contributed by atoms with van der Waals surface area (Å²) in [5.41, 5.74) is 1.93. The van der Waals surface area contributed by atoms with Crippen molar-refractivity contribution in [3.05, 3.63) is 51.9 Å². The topological polar surface area (TPSA) is 25.2 Å². The maximum absolute atomic E-state index is 6.05. The fourth-order valence-electron chi connectivity index (χ4n) is 1.40. The highest BCUT2D eigenvalue weighted by Crippen LogP contribution is 2.29. The van der Waals surface area contributed by atoms with Gasteiger partial charge in [-0.05, 0) is 30.7 Å². The third kappa shape index (κ3) is 2.34. The van der Waals surface area contributed by atoms with Gasteiger partial charge in [0.05, 0.1) is 28.5 Å². The van der Waals surface area contributed by atoms with E-state index in [2.05, 4.69) is 5.32 Å². The molecule has 0 atom stereocenters. The first-order valence-corrected chi connectivity index (χ1v) is 5.65. The predicted octanol–water partition coefficient (Wildman–Crippen LogP) is 4.51. The van der Waals surface area contributed by atoms with Crippen LogP contribution in [0.3, 0.4) is 0 Å². The van der Waals surface area contributed by atoms with Crippen LogP contribution in [-0.2, 0) is 6.54 Å². The van der Waals surface area contributed by atoms with Crippen molar-refractivity contribution in [1.82, 2.24) is 0 Å². The molecule has 0 unspecified atom stereocenters. The van der Waals surface area contributed by atoms with Crippen molar-refractivity contribution in [3.8, 4) is 0 Å². The molecule has 84 valence electrons. The molecule has 2 nitrogen and oxygen atoms in total. The Morgan fingerprint density at radius 3 is 2.75 bits per heavy atom. The molecule has 0 bridgehead atoms. The number of benzene rings is 1. The van der Waals surface area contributed by atoms with E-state index in [1.807, 2.05) is 25.1 Å². The van der Waals surface area contributed by atoms with Crippen molar-refractivity contribution in [1.29, 1.82) is 0 Å². The number of anilines is 1. The van der Waals surface area contributed by atoms with Gasteiger partial charge in [0.25, 0.3) is 0 Å². The molecule has 0 aliphatic rings. The van der Waals surface area contributed by atoms with E-state index in [9.17, 15) is 0 Å². The van der Waals surface area contributed by atoms with Gasteiger partial charge < -0.3 is 9.73 Å². The Bertz CT molecular complexity index is 494. The summed E-state index contributed by atoms with van der Waals surface area (Å²) in [7, 11) is 0. The number of aryl methyl sites for hydroxylation is 1. The summed E-state index contributed by atoms with van der Waals surface area (Å²) >= 11 is 12.0. The second-order valence-electron chi connectivity index (χ2n) is 3.48. The van der Waals surface area contributed by atoms with Crippen molar-refractivity contribution in [2.45, 2.75) is 13.5 Å². The number of nitrogens with one attached hydrogen (secondary N) is 1. The average molecular weight is 256 g/mol. The van der Waals surface area contributed by atoms with Crippen LogP contribution in [0.2, 0.25) is 10.0 Å². The summed E-state index contributed by atoms with van der Waals surface area (Å²) in [5.74, 6) is 0.899. The van der Waals surface area contributed by atoms with E-state index in [1.54, 1.807) is 12.3 Å². The third-order valence-electron chi connectivity index (χ3n) is 2.36. The van der Waals surface area contributed by atoms with E-state index in [4.69, 9.17) is 27.6 Å². The van der Waals surface area contributed by atoms with Crippen LogP contribution in [0.4, 0.5) is 5.69 Å². The molecule has 0 aliphatic heterocycles. The molecule has 0 radical (unpaired) electrons. The Labute approximate surface area is 104 Å². The number of halogens is 2. The van der Waals surface area contributed by atoms with Gasteiger partial charge in [0.1, 0.15) is 5.76 Å². The molecule has 1 N–H and O–H groups in total. The SMILES string of the molecule is Cc1ccoc1CNc1cccc(Cl)c1Cl. The van der Waals surface area contributed by atoms with Crippen molar-refractivity contribution >= 4 is 28.9 Å². The summed E-state index contributed by atoms with van der Waals surface area (Å²) < 4.78 is 5.32. The average Bonchev–Trinajstić information content (AvgIpc) is 2.67. The van der Waals surface area contributed by atoms with E-state index in [1.165, 1.54) is 0 Å². The normalized spacial score (nSPS) is 10.4. The van der Waals surface area contributed by atoms with Crippen LogP contribution in [0.5, 0.6) is 0 Å². The van der Waals surface area contributed by atoms with Crippen LogP contribution in [-0.4, -0.2) is 0 Å². The Kier molecular flexibility index (Phi) is 3.42. The third-order valence-corrected chi connectivity index (χ3v) is 3.18. The summed E-state index contributed by atoms with van der Waals surface area (Å²) in [6.45, 7) is 2.60. The highest BCUT2D eigenvalue weighted by Gasteiger charge is 2.05. The fraction of sp³-hybridized carbons (Fsp3) is 0.167. The summed E-state index contributed by atoms with van der Waals surface area (Å²) in [4.78, 5) is 0. The van der Waals surface area contributed by atoms with E-state index in [0.29, 0.717) is 16.6 Å². The first-order valence-electron chi connectivity index (χ1n) is 4.89. The number of furan rings is 1. The minimum atomic E-state index is 0.536. The van der Waals surface area contributed by atoms with Crippen molar-refractivity contribution < 1.29 is 4.42 Å². The van der Waals surface area contributed by atoms with Crippen LogP contribution in [0, 0.1) is 6.92 Å². The number of hydrogen-bond donors (Lipinski definition) is 1. The molecule has 0 amide bonds. The quantitative estimate of drug-likeness (QED) is 0.874. The minimum Gasteiger partial charge on any atom is -0.467 e. The maximum Gasteiger partial charge on any atom is 0.125 e. The number of rotatable bonds is 3. The predicted molar refractivity (Wildman–Crippen MR) is 67.2 cm³/mol. The lowest BCUT2D eigenvalue weighted by Crippen LogP contribution is -2.00. The first-order chi connectivity index (χ1) is 7.68. The monoisotopic (exact) mass is 255 g/mol. The molecule has 0 fully saturated rings. The summed E-state index contributed by atoms with van der Waals surface area (Å²) in [6.07, 6.45) is 1.67. The minimum absolute atomic E-state index is 0.536. The van der Waals surface area contributed by atoms with Crippen LogP contribution in [0.25, 0.3) is 0 Å². The first kappa shape index (κ1) is 11.4. The zero-order valence-electron chi connectivity index (χ0n) is 8.76. The molecule has 0 aliphatic carbocycles. The van der Waals surface area contributed by atoms with Gasteiger partial charge in [-0.25, -0.2) is 0 Å². The van der Waals surface area contributed by atoms with Gasteiger partial charge in [-0.3, -0.25) is 0 Å². The number of hydrogen-bond acceptors (Lipinski definition) is 2. The molecule has 1 aromatic carbocycles. The summed E-state index contributed by atoms with van der Waals surface area (Å²) in [5, 5.41) is 4.27. The molecule has 2 aromatic rings. The molecule has 16 heavy (non-hydrogen) atoms. The molecule has 0 spiro atoms. The van der Waals surface area contributed by atoms with E-state index in [0.717, 1.165) is 17.0 Å². The largest absolute Gasteiger partial charge is 0.467 e. The van der Waals surface area contributed by atoms with Gasteiger partial charge >= 0.3 is 0 Å². The Hall–Kier alpha value is -1.12. The van der Waals surface area contributed by atoms with Gasteiger partial charge in [0, 0.05) is 0 Å². The lowest BCUT2D eigenvalue weighted by atomic mass is 10.2. The van der Waals surface area contributed by atoms with Crippen LogP contribution >= 0.6 is 23.2 Å². The molecule has 4 heteroatoms. The second kappa shape index (κ2) is 4.81. The zero-order valence-corrected chi connectivity index (χ0v) is 10.3. The lowest BCUT2D eigenvalue weighted by molar-refractivity contribution is 0.515. The van der Waals surface area contributed by atoms with Crippen LogP contribution in [0.15, 0.2) is 34.9 Å². The fourth-order valence-corrected chi connectivity index (χ4v) is 1.77. The van der Waals surface area contributed by atoms with Gasteiger partial charge in [-0.15, -0.1) is 0 Å². The van der Waals surface area contributed by atoms with Crippen molar-refractivity contribution in [2.75, 3.05) is 5.32 Å². The molecule has 1 aromatic heterocycles. The Morgan fingerprint density at radius 2 is 2.06 bits per heavy atom. The standard InChI is InChI=1S/C12H11Cl2NO/c1-8-5-6-16-11(8)7-15-10-4-2-3-9(13)12(10)14/h2-6,15H,7H2,1H3. The van der Waals surface area contributed by atoms with Gasteiger partial charge in [-0.2, -0.15) is 0 Å². The summed E-state index contributed by atoms with van der Waals surface area (Å²) in [6, 6.07) is 7.42. The highest BCUT2D eigenvalue weighted by atomic mass is 35.5. The molecule has 1 heterocycles. The smallest absolute Gasteiger partial charge is 0.125 e. The van der Waals surface area contributed by atoms with Crippen LogP contribution < -0.4 is 5.32 Å². The van der Waals surface area contributed by atoms with Gasteiger partial charge in [0.15, 0.2) is 0 Å². The lowest BCUT2D eigenvalue weighted by Gasteiger charge is -2.08. The van der Waals surface area contributed by atoms with E-state index in [-0.39, 0.29) is 0 Å². The molecular formula is C12H11Cl2NO. The Balaban J connectivity index is 2.11. The maximum atomic E-state index is 6.05. The van der Waals surface area contributed by atoms with E-state index < -0.39 is 0 Å². The van der Waals surface area contributed by atoms with Gasteiger partial charge in [-0.1, -0.05) is 29.3 Å². The molecule has 0 saturated heterocycles. The second-order valence-corrected chi connectivity index (χ2v) is 4.27. The van der Waals surface area contributed by atoms with Crippen molar-refractivity contribution in [3.63, 3.8) is 0 Å². The molecular weight excluding hydrogens is 245 g/mol. The van der Waals surface area contributed by atoms with Crippen molar-refractivity contribution in [2.24, 2.45) is 0 Å². The molecule has 2 rings (SSSR count). The van der Waals surface area contributed by atoms with Crippen LogP contribution in [0.1, 0.15) is 11.3 Å². The van der Waals surface area contributed by atoms with E-state index >= 15 is 0 Å². The zero-order chi connectivity index (χ0) is 11.5. The van der Waals surface area contributed by atoms with Gasteiger partial charge in [0.2, 0.25) is 0 Å². The Morgan fingerprint density at radius 1 is 1.25 bits per heavy atom. The highest BCUT2D eigenvalue weighted by molar-refractivity contribution is 6.43. The molecule has 0 saturated carbocycles.